The van der Waals surface area contributed by atoms with Gasteiger partial charge in [0.1, 0.15) is 15.7 Å². The second-order valence-corrected chi connectivity index (χ2v) is 17.9. The highest BCUT2D eigenvalue weighted by Crippen LogP contribution is 2.47. The highest BCUT2D eigenvalue weighted by molar-refractivity contribution is 7.92. The lowest BCUT2D eigenvalue weighted by atomic mass is 9.68. The summed E-state index contributed by atoms with van der Waals surface area (Å²) in [5, 5.41) is 3.69. The van der Waals surface area contributed by atoms with Gasteiger partial charge in [0.25, 0.3) is 5.91 Å². The van der Waals surface area contributed by atoms with Gasteiger partial charge in [-0.25, -0.2) is 9.00 Å². The van der Waals surface area contributed by atoms with Crippen molar-refractivity contribution in [2.45, 2.75) is 63.0 Å². The van der Waals surface area contributed by atoms with E-state index in [-0.39, 0.29) is 41.1 Å². The van der Waals surface area contributed by atoms with Gasteiger partial charge in [-0.3, -0.25) is 9.52 Å². The smallest absolute Gasteiger partial charge is 0.327 e. The lowest BCUT2D eigenvalue weighted by Gasteiger charge is -2.46. The molecule has 2 N–H and O–H groups in total. The van der Waals surface area contributed by atoms with Crippen LogP contribution in [0.1, 0.15) is 60.5 Å². The molecule has 3 amide bonds. The molecule has 2 aromatic carbocycles. The molecule has 2 bridgehead atoms. The van der Waals surface area contributed by atoms with Crippen molar-refractivity contribution in [1.82, 2.24) is 10.0 Å². The Kier molecular flexibility index (Phi) is 9.15. The van der Waals surface area contributed by atoms with E-state index in [0.717, 1.165) is 55.9 Å². The zero-order valence-corrected chi connectivity index (χ0v) is 30.3. The molecule has 6 aliphatic rings. The largest absolute Gasteiger partial charge is 0.490 e. The zero-order valence-electron chi connectivity index (χ0n) is 28.8. The van der Waals surface area contributed by atoms with Crippen LogP contribution in [0.2, 0.25) is 5.02 Å². The molecule has 1 unspecified atom stereocenters. The summed E-state index contributed by atoms with van der Waals surface area (Å²) in [5.74, 6) is 1.32. The van der Waals surface area contributed by atoms with Crippen LogP contribution in [0.25, 0.3) is 0 Å². The van der Waals surface area contributed by atoms with Gasteiger partial charge in [-0.15, -0.1) is 4.36 Å². The van der Waals surface area contributed by atoms with E-state index in [4.69, 9.17) is 25.8 Å². The molecule has 0 aromatic heterocycles. The fourth-order valence-electron chi connectivity index (χ4n) is 9.15. The molecule has 12 heteroatoms. The van der Waals surface area contributed by atoms with Gasteiger partial charge in [0, 0.05) is 54.1 Å². The van der Waals surface area contributed by atoms with Gasteiger partial charge in [0.15, 0.2) is 0 Å². The lowest BCUT2D eigenvalue weighted by Crippen LogP contribution is -2.49. The molecule has 10 nitrogen and oxygen atoms in total. The number of benzene rings is 2. The van der Waals surface area contributed by atoms with Crippen LogP contribution in [0.3, 0.4) is 0 Å². The monoisotopic (exact) mass is 722 g/mol. The van der Waals surface area contributed by atoms with Crippen LogP contribution >= 0.6 is 11.6 Å². The highest BCUT2D eigenvalue weighted by atomic mass is 35.5. The van der Waals surface area contributed by atoms with Gasteiger partial charge >= 0.3 is 6.03 Å². The first-order chi connectivity index (χ1) is 24.1. The van der Waals surface area contributed by atoms with E-state index < -0.39 is 21.9 Å². The number of allylic oxidation sites excluding steroid dienone is 1. The number of hydrogen-bond donors (Lipinski definition) is 2. The minimum Gasteiger partial charge on any atom is -0.490 e. The predicted molar refractivity (Wildman–Crippen MR) is 193 cm³/mol. The van der Waals surface area contributed by atoms with Crippen LogP contribution in [0, 0.1) is 29.6 Å². The Morgan fingerprint density at radius 3 is 2.76 bits per heavy atom. The maximum absolute atomic E-state index is 14.4. The third-order valence-electron chi connectivity index (χ3n) is 12.0. The van der Waals surface area contributed by atoms with E-state index >= 15 is 0 Å². The molecule has 1 saturated heterocycles. The Bertz CT molecular complexity index is 1820. The fourth-order valence-corrected chi connectivity index (χ4v) is 11.2. The first-order valence-corrected chi connectivity index (χ1v) is 20.2. The number of aryl methyl sites for hydroxylation is 1. The van der Waals surface area contributed by atoms with Crippen molar-refractivity contribution >= 4 is 39.1 Å². The zero-order chi connectivity index (χ0) is 34.6. The Morgan fingerprint density at radius 2 is 1.98 bits per heavy atom. The molecule has 1 spiro atoms. The summed E-state index contributed by atoms with van der Waals surface area (Å²) in [6.07, 6.45) is 9.96. The second kappa shape index (κ2) is 13.5. The van der Waals surface area contributed by atoms with Crippen molar-refractivity contribution in [1.29, 1.82) is 0 Å². The summed E-state index contributed by atoms with van der Waals surface area (Å²) >= 11 is 6.45. The molecule has 8 rings (SSSR count). The number of halogens is 1. The van der Waals surface area contributed by atoms with Gasteiger partial charge in [-0.2, -0.15) is 0 Å². The van der Waals surface area contributed by atoms with E-state index in [2.05, 4.69) is 43.6 Å². The summed E-state index contributed by atoms with van der Waals surface area (Å²) in [6.45, 7) is 5.22. The van der Waals surface area contributed by atoms with Crippen molar-refractivity contribution in [2.24, 2.45) is 34.0 Å². The molecule has 2 saturated carbocycles. The molecular weight excluding hydrogens is 676 g/mol. The number of rotatable bonds is 3. The Hall–Kier alpha value is -3.12. The first kappa shape index (κ1) is 34.0. The van der Waals surface area contributed by atoms with Crippen LogP contribution in [0.5, 0.6) is 5.75 Å². The van der Waals surface area contributed by atoms with Crippen molar-refractivity contribution in [3.8, 4) is 5.75 Å². The summed E-state index contributed by atoms with van der Waals surface area (Å²) < 4.78 is 39.5. The summed E-state index contributed by atoms with van der Waals surface area (Å²) in [5.41, 5.74) is 3.45. The molecule has 268 valence electrons. The molecule has 3 heterocycles. The second-order valence-electron chi connectivity index (χ2n) is 15.4. The standard InChI is InChI=1S/C38H47ClN4O6S/c1-23-5-3-7-33(47-2)28-11-8-26(28)17-43-21-38(14-4-6-24-15-27(39)10-12-31(24)38)22-49-34-13-9-25(16-32(34)43)36(44)41-50(46,20-23)42-37(45)40-35-29-18-48-19-30(29)35/h3,7,9-10,12-13,15-16,23,26,28-30,33,35H,4-6,8,11,14,17-22H2,1-2H3,(H2,40,41,42,44,45,46)/b7-3+/t23-,26-,28+,29-,30+,33-,35-,38-,50?/m0/s1. The van der Waals surface area contributed by atoms with Crippen LogP contribution < -0.4 is 19.7 Å². The Balaban J connectivity index is 1.16. The molecular formula is C38H47ClN4O6S. The van der Waals surface area contributed by atoms with Gasteiger partial charge in [-0.1, -0.05) is 36.7 Å². The molecule has 2 aromatic rings. The SMILES string of the molecule is CO[C@H]1/C=C/C[C@H](C)CS(=O)(NC(=O)N[C@@H]2[C@@H]3COC[C@@H]32)=NC(=O)c2ccc3c(c2)N(C[C@@H]2CC[C@H]21)C[C@@]1(CCCc2cc(Cl)ccc21)CO3. The minimum absolute atomic E-state index is 0.0118. The third-order valence-corrected chi connectivity index (χ3v) is 14.2. The number of nitrogens with zero attached hydrogens (tertiary/aromatic N) is 2. The number of carbonyl (C=O) groups is 2. The molecule has 3 aliphatic heterocycles. The average Bonchev–Trinajstić information content (AvgIpc) is 3.50. The molecule has 9 atom stereocenters. The number of ether oxygens (including phenoxy) is 3. The van der Waals surface area contributed by atoms with Crippen LogP contribution in [0.15, 0.2) is 52.9 Å². The van der Waals surface area contributed by atoms with E-state index in [0.29, 0.717) is 49.4 Å². The number of nitrogens with one attached hydrogen (secondary N) is 2. The van der Waals surface area contributed by atoms with E-state index in [1.165, 1.54) is 11.1 Å². The van der Waals surface area contributed by atoms with Gasteiger partial charge in [-0.05, 0) is 97.7 Å². The van der Waals surface area contributed by atoms with Gasteiger partial charge < -0.3 is 24.4 Å². The van der Waals surface area contributed by atoms with Crippen LogP contribution in [-0.2, 0) is 31.2 Å². The highest BCUT2D eigenvalue weighted by Gasteiger charge is 2.55. The minimum atomic E-state index is -3.47. The van der Waals surface area contributed by atoms with Crippen LogP contribution in [-0.4, -0.2) is 74.1 Å². The van der Waals surface area contributed by atoms with E-state index in [1.54, 1.807) is 13.2 Å². The number of methoxy groups -OCH3 is 1. The molecule has 50 heavy (non-hydrogen) atoms. The third kappa shape index (κ3) is 6.55. The topological polar surface area (TPSA) is 119 Å². The van der Waals surface area contributed by atoms with Crippen molar-refractivity contribution in [3.63, 3.8) is 0 Å². The van der Waals surface area contributed by atoms with E-state index in [1.807, 2.05) is 25.1 Å². The number of anilines is 1. The first-order valence-electron chi connectivity index (χ1n) is 18.1. The number of carbonyl (C=O) groups excluding carboxylic acids is 2. The quantitative estimate of drug-likeness (QED) is 0.378. The molecule has 3 aliphatic carbocycles. The normalized spacial score (nSPS) is 36.7. The number of urea groups is 1. The van der Waals surface area contributed by atoms with Crippen LogP contribution in [0.4, 0.5) is 10.5 Å². The van der Waals surface area contributed by atoms with Crippen molar-refractivity contribution in [3.05, 3.63) is 70.3 Å². The Morgan fingerprint density at radius 1 is 1.14 bits per heavy atom. The summed E-state index contributed by atoms with van der Waals surface area (Å²) in [4.78, 5) is 29.5. The predicted octanol–water partition coefficient (Wildman–Crippen LogP) is 5.92. The lowest BCUT2D eigenvalue weighted by molar-refractivity contribution is 0.0131. The van der Waals surface area contributed by atoms with Crippen molar-refractivity contribution < 1.29 is 28.0 Å². The van der Waals surface area contributed by atoms with Gasteiger partial charge in [0.05, 0.1) is 37.4 Å². The average molecular weight is 723 g/mol. The van der Waals surface area contributed by atoms with Gasteiger partial charge in [0.2, 0.25) is 0 Å². The summed E-state index contributed by atoms with van der Waals surface area (Å²) in [6, 6.07) is 11.0. The molecule has 0 radical (unpaired) electrons. The number of fused-ring (bicyclic) bond motifs is 5. The number of hydrogen-bond acceptors (Lipinski definition) is 7. The maximum atomic E-state index is 14.4. The van der Waals surface area contributed by atoms with E-state index in [9.17, 15) is 13.8 Å². The number of amides is 3. The van der Waals surface area contributed by atoms with Crippen molar-refractivity contribution in [2.75, 3.05) is 50.7 Å². The maximum Gasteiger partial charge on any atom is 0.327 e. The fraction of sp³-hybridized carbons (Fsp3) is 0.579. The molecule has 3 fully saturated rings. The Labute approximate surface area is 299 Å². The summed E-state index contributed by atoms with van der Waals surface area (Å²) in [7, 11) is -1.70.